The molecule has 0 unspecified atom stereocenters. The number of halogens is 1. The zero-order valence-electron chi connectivity index (χ0n) is 16.5. The summed E-state index contributed by atoms with van der Waals surface area (Å²) in [4.78, 5) is 16.7. The molecule has 1 heterocycles. The lowest BCUT2D eigenvalue weighted by molar-refractivity contribution is 0.0773. The highest BCUT2D eigenvalue weighted by Crippen LogP contribution is 2.41. The molecule has 0 atom stereocenters. The summed E-state index contributed by atoms with van der Waals surface area (Å²) >= 11 is 0. The molecule has 0 aromatic heterocycles. The van der Waals surface area contributed by atoms with E-state index in [4.69, 9.17) is 0 Å². The van der Waals surface area contributed by atoms with E-state index in [-0.39, 0.29) is 17.1 Å². The van der Waals surface area contributed by atoms with Gasteiger partial charge in [0.05, 0.1) is 0 Å². The predicted octanol–water partition coefficient (Wildman–Crippen LogP) is 4.32. The maximum absolute atomic E-state index is 14.0. The Balaban J connectivity index is 1.97. The summed E-state index contributed by atoms with van der Waals surface area (Å²) in [7, 11) is 2.13. The van der Waals surface area contributed by atoms with Crippen molar-refractivity contribution in [3.8, 4) is 0 Å². The van der Waals surface area contributed by atoms with Gasteiger partial charge in [0, 0.05) is 24.1 Å². The standard InChI is InChI=1S/C23H29FN2O/c1-4-26(5-2)22(27)18-9-11-19(12-10-18)23(13-15-25(3)16-14-23)20-7-6-8-21(24)17-20/h6-12,17H,4-5,13-16H2,1-3H3. The van der Waals surface area contributed by atoms with Gasteiger partial charge in [-0.2, -0.15) is 0 Å². The summed E-state index contributed by atoms with van der Waals surface area (Å²) < 4.78 is 14.0. The number of carbonyl (C=O) groups excluding carboxylic acids is 1. The SMILES string of the molecule is CCN(CC)C(=O)c1ccc(C2(c3cccc(F)c3)CCN(C)CC2)cc1. The van der Waals surface area contributed by atoms with Crippen molar-refractivity contribution >= 4 is 5.91 Å². The van der Waals surface area contributed by atoms with Crippen LogP contribution in [0.25, 0.3) is 0 Å². The van der Waals surface area contributed by atoms with Gasteiger partial charge in [0.1, 0.15) is 5.82 Å². The van der Waals surface area contributed by atoms with Gasteiger partial charge in [-0.25, -0.2) is 4.39 Å². The lowest BCUT2D eigenvalue weighted by Crippen LogP contribution is -2.41. The number of hydrogen-bond acceptors (Lipinski definition) is 2. The average molecular weight is 368 g/mol. The summed E-state index contributed by atoms with van der Waals surface area (Å²) in [6.45, 7) is 7.33. The van der Waals surface area contributed by atoms with E-state index < -0.39 is 0 Å². The summed E-state index contributed by atoms with van der Waals surface area (Å²) in [5, 5.41) is 0. The van der Waals surface area contributed by atoms with E-state index in [9.17, 15) is 9.18 Å². The Hall–Kier alpha value is -2.20. The smallest absolute Gasteiger partial charge is 0.253 e. The normalized spacial score (nSPS) is 16.9. The minimum Gasteiger partial charge on any atom is -0.339 e. The molecule has 0 N–H and O–H groups in total. The fourth-order valence-electron chi connectivity index (χ4n) is 4.16. The van der Waals surface area contributed by atoms with Crippen molar-refractivity contribution in [1.82, 2.24) is 9.80 Å². The van der Waals surface area contributed by atoms with Gasteiger partial charge in [-0.15, -0.1) is 0 Å². The molecular weight excluding hydrogens is 339 g/mol. The van der Waals surface area contributed by atoms with Gasteiger partial charge in [0.15, 0.2) is 0 Å². The molecule has 3 rings (SSSR count). The first kappa shape index (κ1) is 19.6. The van der Waals surface area contributed by atoms with Gasteiger partial charge in [-0.3, -0.25) is 4.79 Å². The van der Waals surface area contributed by atoms with Crippen molar-refractivity contribution in [3.05, 3.63) is 71.0 Å². The monoisotopic (exact) mass is 368 g/mol. The van der Waals surface area contributed by atoms with Gasteiger partial charge in [0.25, 0.3) is 5.91 Å². The maximum Gasteiger partial charge on any atom is 0.253 e. The minimum atomic E-state index is -0.203. The molecule has 1 saturated heterocycles. The van der Waals surface area contributed by atoms with Crippen LogP contribution in [-0.4, -0.2) is 48.9 Å². The molecule has 1 aliphatic heterocycles. The molecule has 4 heteroatoms. The van der Waals surface area contributed by atoms with Crippen LogP contribution in [0.5, 0.6) is 0 Å². The van der Waals surface area contributed by atoms with Crippen LogP contribution in [0, 0.1) is 5.82 Å². The number of nitrogens with zero attached hydrogens (tertiary/aromatic N) is 2. The molecule has 0 spiro atoms. The average Bonchev–Trinajstić information content (AvgIpc) is 2.70. The molecule has 1 aliphatic rings. The van der Waals surface area contributed by atoms with Crippen LogP contribution in [0.3, 0.4) is 0 Å². The van der Waals surface area contributed by atoms with Crippen molar-refractivity contribution in [2.24, 2.45) is 0 Å². The number of carbonyl (C=O) groups is 1. The molecule has 2 aromatic carbocycles. The molecule has 0 bridgehead atoms. The second-order valence-corrected chi connectivity index (χ2v) is 7.45. The van der Waals surface area contributed by atoms with Crippen molar-refractivity contribution in [3.63, 3.8) is 0 Å². The van der Waals surface area contributed by atoms with E-state index in [1.54, 1.807) is 12.1 Å². The molecule has 1 amide bonds. The lowest BCUT2D eigenvalue weighted by Gasteiger charge is -2.42. The third-order valence-corrected chi connectivity index (χ3v) is 5.95. The minimum absolute atomic E-state index is 0.0646. The van der Waals surface area contributed by atoms with Crippen molar-refractivity contribution in [2.45, 2.75) is 32.1 Å². The molecule has 1 fully saturated rings. The first-order valence-corrected chi connectivity index (χ1v) is 9.84. The topological polar surface area (TPSA) is 23.6 Å². The van der Waals surface area contributed by atoms with E-state index in [0.717, 1.165) is 37.1 Å². The molecule has 27 heavy (non-hydrogen) atoms. The number of piperidine rings is 1. The second-order valence-electron chi connectivity index (χ2n) is 7.45. The van der Waals surface area contributed by atoms with Crippen molar-refractivity contribution in [2.75, 3.05) is 33.2 Å². The van der Waals surface area contributed by atoms with E-state index in [2.05, 4.69) is 24.1 Å². The highest BCUT2D eigenvalue weighted by Gasteiger charge is 2.37. The molecule has 3 nitrogen and oxygen atoms in total. The molecule has 2 aromatic rings. The van der Waals surface area contributed by atoms with E-state index >= 15 is 0 Å². The number of hydrogen-bond donors (Lipinski definition) is 0. The zero-order valence-corrected chi connectivity index (χ0v) is 16.5. The summed E-state index contributed by atoms with van der Waals surface area (Å²) in [5.74, 6) is -0.131. The van der Waals surface area contributed by atoms with Crippen molar-refractivity contribution < 1.29 is 9.18 Å². The lowest BCUT2D eigenvalue weighted by atomic mass is 9.68. The van der Waals surface area contributed by atoms with Crippen molar-refractivity contribution in [1.29, 1.82) is 0 Å². The Kier molecular flexibility index (Phi) is 5.95. The zero-order chi connectivity index (χ0) is 19.4. The van der Waals surface area contributed by atoms with E-state index in [1.165, 1.54) is 6.07 Å². The largest absolute Gasteiger partial charge is 0.339 e. The van der Waals surface area contributed by atoms with Crippen LogP contribution in [0.4, 0.5) is 4.39 Å². The predicted molar refractivity (Wildman–Crippen MR) is 108 cm³/mol. The van der Waals surface area contributed by atoms with Gasteiger partial charge >= 0.3 is 0 Å². The third-order valence-electron chi connectivity index (χ3n) is 5.95. The van der Waals surface area contributed by atoms with E-state index in [0.29, 0.717) is 18.7 Å². The highest BCUT2D eigenvalue weighted by molar-refractivity contribution is 5.94. The first-order valence-electron chi connectivity index (χ1n) is 9.84. The van der Waals surface area contributed by atoms with Gasteiger partial charge in [-0.05, 0) is 82.2 Å². The Morgan fingerprint density at radius 2 is 1.67 bits per heavy atom. The highest BCUT2D eigenvalue weighted by atomic mass is 19.1. The summed E-state index contributed by atoms with van der Waals surface area (Å²) in [6.07, 6.45) is 1.88. The molecular formula is C23H29FN2O. The number of benzene rings is 2. The first-order chi connectivity index (χ1) is 13.0. The Labute approximate surface area is 161 Å². The van der Waals surface area contributed by atoms with Crippen LogP contribution in [0.15, 0.2) is 48.5 Å². The molecule has 0 saturated carbocycles. The van der Waals surface area contributed by atoms with Gasteiger partial charge < -0.3 is 9.80 Å². The van der Waals surface area contributed by atoms with Crippen LogP contribution in [0.2, 0.25) is 0 Å². The van der Waals surface area contributed by atoms with Gasteiger partial charge in [0.2, 0.25) is 0 Å². The summed E-state index contributed by atoms with van der Waals surface area (Å²) in [5.41, 5.74) is 2.70. The van der Waals surface area contributed by atoms with Crippen LogP contribution in [0.1, 0.15) is 48.2 Å². The summed E-state index contributed by atoms with van der Waals surface area (Å²) in [6, 6.07) is 15.0. The molecule has 0 aliphatic carbocycles. The number of likely N-dealkylation sites (tertiary alicyclic amines) is 1. The fraction of sp³-hybridized carbons (Fsp3) is 0.435. The number of rotatable bonds is 5. The van der Waals surface area contributed by atoms with Crippen LogP contribution < -0.4 is 0 Å². The quantitative estimate of drug-likeness (QED) is 0.785. The Bertz CT molecular complexity index is 775. The maximum atomic E-state index is 14.0. The Morgan fingerprint density at radius 3 is 2.22 bits per heavy atom. The molecule has 144 valence electrons. The second kappa shape index (κ2) is 8.22. The van der Waals surface area contributed by atoms with E-state index in [1.807, 2.05) is 36.9 Å². The Morgan fingerprint density at radius 1 is 1.04 bits per heavy atom. The van der Waals surface area contributed by atoms with Crippen LogP contribution >= 0.6 is 0 Å². The van der Waals surface area contributed by atoms with Crippen LogP contribution in [-0.2, 0) is 5.41 Å². The molecule has 0 radical (unpaired) electrons. The number of amides is 1. The fourth-order valence-corrected chi connectivity index (χ4v) is 4.16. The van der Waals surface area contributed by atoms with Gasteiger partial charge in [-0.1, -0.05) is 24.3 Å². The third kappa shape index (κ3) is 3.91.